The van der Waals surface area contributed by atoms with Crippen molar-refractivity contribution in [1.82, 2.24) is 0 Å². The van der Waals surface area contributed by atoms with E-state index in [0.717, 1.165) is 0 Å². The lowest BCUT2D eigenvalue weighted by molar-refractivity contribution is 0.536. The van der Waals surface area contributed by atoms with Crippen molar-refractivity contribution in [1.29, 1.82) is 0 Å². The van der Waals surface area contributed by atoms with Crippen LogP contribution < -0.4 is 11.1 Å². The summed E-state index contributed by atoms with van der Waals surface area (Å²) in [7, 11) is 0. The smallest absolute Gasteiger partial charge is 0.159 e. The highest BCUT2D eigenvalue weighted by Crippen LogP contribution is 2.10. The summed E-state index contributed by atoms with van der Waals surface area (Å²) in [5.41, 5.74) is 6.77. The van der Waals surface area contributed by atoms with Crippen LogP contribution in [0.3, 0.4) is 0 Å². The number of hydrogen-bond acceptors (Lipinski definition) is 2. The van der Waals surface area contributed by atoms with Gasteiger partial charge in [-0.1, -0.05) is 6.07 Å². The zero-order valence-electron chi connectivity index (χ0n) is 5.47. The number of hydrogen-bond donors (Lipinski definition) is 2. The lowest BCUT2D eigenvalue weighted by atomic mass is 10.3. The summed E-state index contributed by atoms with van der Waals surface area (Å²) in [5.74, 6) is 0. The fraction of sp³-hybridized carbons (Fsp3) is 0.143. The Balaban J connectivity index is 2.75. The predicted molar refractivity (Wildman–Crippen MR) is 40.5 cm³/mol. The molecule has 0 spiro atoms. The molecule has 1 rings (SSSR count). The first-order valence-corrected chi connectivity index (χ1v) is 2.98. The summed E-state index contributed by atoms with van der Waals surface area (Å²) in [5, 5.41) is 2.50. The molecular formula is C7H9FN2. The largest absolute Gasteiger partial charge is 0.399 e. The number of rotatable bonds is 2. The molecule has 0 saturated carbocycles. The van der Waals surface area contributed by atoms with Gasteiger partial charge >= 0.3 is 0 Å². The summed E-state index contributed by atoms with van der Waals surface area (Å²) < 4.78 is 11.7. The highest BCUT2D eigenvalue weighted by Gasteiger charge is 1.88. The van der Waals surface area contributed by atoms with Gasteiger partial charge in [-0.3, -0.25) is 0 Å². The molecule has 0 atom stereocenters. The maximum Gasteiger partial charge on any atom is 0.159 e. The Morgan fingerprint density at radius 3 is 2.90 bits per heavy atom. The molecule has 0 bridgehead atoms. The Kier molecular flexibility index (Phi) is 2.10. The summed E-state index contributed by atoms with van der Waals surface area (Å²) in [6.45, 7) is -0.566. The monoisotopic (exact) mass is 140 g/mol. The van der Waals surface area contributed by atoms with Crippen molar-refractivity contribution in [2.24, 2.45) is 0 Å². The van der Waals surface area contributed by atoms with Gasteiger partial charge in [0, 0.05) is 11.4 Å². The molecule has 0 fully saturated rings. The first-order chi connectivity index (χ1) is 4.83. The van der Waals surface area contributed by atoms with Crippen LogP contribution in [0.25, 0.3) is 0 Å². The van der Waals surface area contributed by atoms with Crippen molar-refractivity contribution < 1.29 is 4.39 Å². The Hall–Kier alpha value is -1.25. The van der Waals surface area contributed by atoms with Gasteiger partial charge in [0.05, 0.1) is 0 Å². The van der Waals surface area contributed by atoms with Gasteiger partial charge in [0.25, 0.3) is 0 Å². The Morgan fingerprint density at radius 2 is 2.30 bits per heavy atom. The molecule has 0 radical (unpaired) electrons. The van der Waals surface area contributed by atoms with Crippen molar-refractivity contribution >= 4 is 11.4 Å². The second-order valence-electron chi connectivity index (χ2n) is 1.94. The SMILES string of the molecule is Nc1cccc(NCF)c1. The molecule has 1 aromatic rings. The third-order valence-electron chi connectivity index (χ3n) is 1.16. The molecule has 2 nitrogen and oxygen atoms in total. The van der Waals surface area contributed by atoms with Gasteiger partial charge in [-0.25, -0.2) is 4.39 Å². The number of nitrogens with two attached hydrogens (primary N) is 1. The molecule has 0 heterocycles. The fourth-order valence-electron chi connectivity index (χ4n) is 0.726. The van der Waals surface area contributed by atoms with Crippen molar-refractivity contribution in [3.05, 3.63) is 24.3 Å². The fourth-order valence-corrected chi connectivity index (χ4v) is 0.726. The standard InChI is InChI=1S/C7H9FN2/c8-5-10-7-3-1-2-6(9)4-7/h1-4,10H,5,9H2. The van der Waals surface area contributed by atoms with Gasteiger partial charge in [0.15, 0.2) is 6.80 Å². The minimum absolute atomic E-state index is 0.566. The highest BCUT2D eigenvalue weighted by molar-refractivity contribution is 5.53. The van der Waals surface area contributed by atoms with E-state index < -0.39 is 6.80 Å². The first kappa shape index (κ1) is 6.86. The molecule has 3 heteroatoms. The highest BCUT2D eigenvalue weighted by atomic mass is 19.1. The van der Waals surface area contributed by atoms with Crippen LogP contribution in [0.15, 0.2) is 24.3 Å². The van der Waals surface area contributed by atoms with E-state index in [2.05, 4.69) is 5.32 Å². The van der Waals surface area contributed by atoms with Crippen LogP contribution in [0.2, 0.25) is 0 Å². The topological polar surface area (TPSA) is 38.0 Å². The third kappa shape index (κ3) is 1.62. The molecule has 1 aromatic carbocycles. The van der Waals surface area contributed by atoms with Crippen LogP contribution >= 0.6 is 0 Å². The molecule has 0 aromatic heterocycles. The molecule has 0 saturated heterocycles. The van der Waals surface area contributed by atoms with E-state index in [-0.39, 0.29) is 0 Å². The zero-order valence-corrected chi connectivity index (χ0v) is 5.47. The van der Waals surface area contributed by atoms with Gasteiger partial charge < -0.3 is 11.1 Å². The zero-order chi connectivity index (χ0) is 7.40. The Morgan fingerprint density at radius 1 is 1.50 bits per heavy atom. The number of nitrogens with one attached hydrogen (secondary N) is 1. The second kappa shape index (κ2) is 3.06. The number of nitrogen functional groups attached to an aromatic ring is 1. The molecule has 0 aliphatic heterocycles. The molecule has 0 aliphatic carbocycles. The second-order valence-corrected chi connectivity index (χ2v) is 1.94. The number of alkyl halides is 1. The van der Waals surface area contributed by atoms with E-state index in [1.807, 2.05) is 0 Å². The molecule has 0 aliphatic rings. The van der Waals surface area contributed by atoms with Gasteiger partial charge in [0.2, 0.25) is 0 Å². The normalized spacial score (nSPS) is 9.30. The lowest BCUT2D eigenvalue weighted by Crippen LogP contribution is -1.95. The Bertz CT molecular complexity index is 213. The lowest BCUT2D eigenvalue weighted by Gasteiger charge is -2.00. The average Bonchev–Trinajstić information content (AvgIpc) is 1.88. The van der Waals surface area contributed by atoms with Crippen LogP contribution in [-0.4, -0.2) is 6.80 Å². The van der Waals surface area contributed by atoms with Gasteiger partial charge in [-0.05, 0) is 18.2 Å². The van der Waals surface area contributed by atoms with E-state index in [1.165, 1.54) is 0 Å². The summed E-state index contributed by atoms with van der Waals surface area (Å²) in [6.07, 6.45) is 0. The molecular weight excluding hydrogens is 131 g/mol. The van der Waals surface area contributed by atoms with E-state index in [4.69, 9.17) is 5.73 Å². The third-order valence-corrected chi connectivity index (χ3v) is 1.16. The first-order valence-electron chi connectivity index (χ1n) is 2.98. The van der Waals surface area contributed by atoms with Crippen LogP contribution in [0.1, 0.15) is 0 Å². The van der Waals surface area contributed by atoms with Crippen LogP contribution in [0.5, 0.6) is 0 Å². The van der Waals surface area contributed by atoms with E-state index >= 15 is 0 Å². The number of halogens is 1. The van der Waals surface area contributed by atoms with E-state index in [1.54, 1.807) is 24.3 Å². The predicted octanol–water partition coefficient (Wildman–Crippen LogP) is 1.61. The van der Waals surface area contributed by atoms with Gasteiger partial charge in [0.1, 0.15) is 0 Å². The van der Waals surface area contributed by atoms with Crippen molar-refractivity contribution in [2.75, 3.05) is 17.8 Å². The van der Waals surface area contributed by atoms with Crippen molar-refractivity contribution in [3.63, 3.8) is 0 Å². The minimum Gasteiger partial charge on any atom is -0.399 e. The average molecular weight is 140 g/mol. The van der Waals surface area contributed by atoms with E-state index in [9.17, 15) is 4.39 Å². The Labute approximate surface area is 58.9 Å². The van der Waals surface area contributed by atoms with E-state index in [0.29, 0.717) is 11.4 Å². The van der Waals surface area contributed by atoms with Crippen LogP contribution in [-0.2, 0) is 0 Å². The summed E-state index contributed by atoms with van der Waals surface area (Å²) in [6, 6.07) is 6.96. The van der Waals surface area contributed by atoms with Gasteiger partial charge in [-0.2, -0.15) is 0 Å². The number of anilines is 2. The van der Waals surface area contributed by atoms with Crippen molar-refractivity contribution in [2.45, 2.75) is 0 Å². The van der Waals surface area contributed by atoms with Crippen LogP contribution in [0.4, 0.5) is 15.8 Å². The molecule has 54 valence electrons. The number of benzene rings is 1. The summed E-state index contributed by atoms with van der Waals surface area (Å²) >= 11 is 0. The van der Waals surface area contributed by atoms with Gasteiger partial charge in [-0.15, -0.1) is 0 Å². The maximum absolute atomic E-state index is 11.7. The quantitative estimate of drug-likeness (QED) is 0.483. The van der Waals surface area contributed by atoms with Crippen LogP contribution in [0, 0.1) is 0 Å². The molecule has 10 heavy (non-hydrogen) atoms. The molecule has 0 unspecified atom stereocenters. The molecule has 0 amide bonds. The molecule has 3 N–H and O–H groups in total. The maximum atomic E-state index is 11.7. The van der Waals surface area contributed by atoms with Crippen molar-refractivity contribution in [3.8, 4) is 0 Å². The minimum atomic E-state index is -0.566. The summed E-state index contributed by atoms with van der Waals surface area (Å²) in [4.78, 5) is 0.